The van der Waals surface area contributed by atoms with Gasteiger partial charge in [0, 0.05) is 21.8 Å². The van der Waals surface area contributed by atoms with Crippen molar-refractivity contribution in [2.75, 3.05) is 0 Å². The van der Waals surface area contributed by atoms with Crippen molar-refractivity contribution in [2.24, 2.45) is 0 Å². The van der Waals surface area contributed by atoms with E-state index in [0.717, 1.165) is 4.47 Å². The molecule has 0 unspecified atom stereocenters. The Morgan fingerprint density at radius 2 is 1.89 bits per heavy atom. The molecule has 0 bridgehead atoms. The number of halogens is 2. The van der Waals surface area contributed by atoms with Gasteiger partial charge in [0.1, 0.15) is 11.6 Å². The lowest BCUT2D eigenvalue weighted by atomic mass is 10.1. The lowest BCUT2D eigenvalue weighted by molar-refractivity contribution is -0.137. The molecule has 7 nitrogen and oxygen atoms in total. The molecule has 0 aliphatic carbocycles. The molecule has 9 heteroatoms. The molecule has 0 amide bonds. The van der Waals surface area contributed by atoms with Crippen LogP contribution in [0.3, 0.4) is 0 Å². The number of hydrogen-bond donors (Lipinski definition) is 1. The minimum Gasteiger partial charge on any atom is -0.481 e. The summed E-state index contributed by atoms with van der Waals surface area (Å²) >= 11 is 3.39. The van der Waals surface area contributed by atoms with Crippen LogP contribution in [0.25, 0.3) is 27.8 Å². The van der Waals surface area contributed by atoms with Crippen LogP contribution in [0.1, 0.15) is 12.2 Å². The van der Waals surface area contributed by atoms with Crippen molar-refractivity contribution in [2.45, 2.75) is 12.8 Å². The van der Waals surface area contributed by atoms with E-state index in [4.69, 9.17) is 5.11 Å². The van der Waals surface area contributed by atoms with E-state index < -0.39 is 17.3 Å². The van der Waals surface area contributed by atoms with Crippen LogP contribution in [-0.4, -0.2) is 30.7 Å². The monoisotopic (exact) mass is 442 g/mol. The first-order chi connectivity index (χ1) is 13.4. The quantitative estimate of drug-likeness (QED) is 0.487. The van der Waals surface area contributed by atoms with Gasteiger partial charge in [-0.15, -0.1) is 0 Å². The fraction of sp³-hybridized carbons (Fsp3) is 0.105. The molecule has 4 aromatic rings. The number of aryl methyl sites for hydroxylation is 1. The number of rotatable bonds is 4. The van der Waals surface area contributed by atoms with Crippen molar-refractivity contribution in [3.8, 4) is 11.3 Å². The average molecular weight is 443 g/mol. The van der Waals surface area contributed by atoms with Crippen LogP contribution in [0.2, 0.25) is 0 Å². The minimum atomic E-state index is -0.974. The maximum atomic E-state index is 13.2. The molecule has 2 aromatic carbocycles. The van der Waals surface area contributed by atoms with Crippen LogP contribution < -0.4 is 5.56 Å². The SMILES string of the molecule is O=C(O)CCc1nc2ccc(Br)cc2c2nc(=O)c(-c3ccc(F)cc3)nn12. The third-order valence-electron chi connectivity index (χ3n) is 4.18. The van der Waals surface area contributed by atoms with Crippen molar-refractivity contribution < 1.29 is 14.3 Å². The Morgan fingerprint density at radius 3 is 2.61 bits per heavy atom. The number of benzene rings is 2. The molecular formula is C19H12BrFN4O3. The first-order valence-corrected chi connectivity index (χ1v) is 9.08. The third-order valence-corrected chi connectivity index (χ3v) is 4.68. The van der Waals surface area contributed by atoms with Gasteiger partial charge in [-0.2, -0.15) is 14.6 Å². The Bertz CT molecular complexity index is 1290. The molecule has 0 aliphatic rings. The van der Waals surface area contributed by atoms with Crippen LogP contribution in [0, 0.1) is 5.82 Å². The molecule has 0 spiro atoms. The van der Waals surface area contributed by atoms with Gasteiger partial charge in [-0.1, -0.05) is 15.9 Å². The second-order valence-corrected chi connectivity index (χ2v) is 7.01. The van der Waals surface area contributed by atoms with E-state index in [1.807, 2.05) is 0 Å². The van der Waals surface area contributed by atoms with Gasteiger partial charge in [0.15, 0.2) is 11.3 Å². The molecule has 0 radical (unpaired) electrons. The van der Waals surface area contributed by atoms with Gasteiger partial charge in [-0.3, -0.25) is 9.59 Å². The van der Waals surface area contributed by atoms with Crippen LogP contribution >= 0.6 is 15.9 Å². The van der Waals surface area contributed by atoms with Gasteiger partial charge >= 0.3 is 5.97 Å². The van der Waals surface area contributed by atoms with Gasteiger partial charge in [0.25, 0.3) is 5.56 Å². The van der Waals surface area contributed by atoms with Crippen LogP contribution in [0.5, 0.6) is 0 Å². The topological polar surface area (TPSA) is 97.5 Å². The largest absolute Gasteiger partial charge is 0.481 e. The van der Waals surface area contributed by atoms with Gasteiger partial charge in [-0.25, -0.2) is 9.37 Å². The maximum absolute atomic E-state index is 13.2. The zero-order valence-corrected chi connectivity index (χ0v) is 15.9. The Labute approximate surface area is 165 Å². The predicted octanol–water partition coefficient (Wildman–Crippen LogP) is 3.22. The fourth-order valence-electron chi connectivity index (χ4n) is 2.88. The standard InChI is InChI=1S/C19H12BrFN4O3/c20-11-3-6-14-13(9-11)18-23-19(28)17(10-1-4-12(21)5-2-10)24-25(18)15(22-14)7-8-16(26)27/h1-6,9H,7-8H2,(H,26,27). The first kappa shape index (κ1) is 18.2. The number of carboxylic acids is 1. The molecule has 0 saturated heterocycles. The molecule has 28 heavy (non-hydrogen) atoms. The highest BCUT2D eigenvalue weighted by atomic mass is 79.9. The van der Waals surface area contributed by atoms with E-state index in [1.165, 1.54) is 28.8 Å². The summed E-state index contributed by atoms with van der Waals surface area (Å²) < 4.78 is 15.4. The summed E-state index contributed by atoms with van der Waals surface area (Å²) in [6, 6.07) is 10.7. The smallest absolute Gasteiger partial charge is 0.303 e. The number of carbonyl (C=O) groups is 1. The second kappa shape index (κ2) is 7.08. The van der Waals surface area contributed by atoms with Crippen molar-refractivity contribution in [1.82, 2.24) is 19.6 Å². The normalized spacial score (nSPS) is 11.2. The summed E-state index contributed by atoms with van der Waals surface area (Å²) in [4.78, 5) is 32.3. The summed E-state index contributed by atoms with van der Waals surface area (Å²) in [5.74, 6) is -1.04. The maximum Gasteiger partial charge on any atom is 0.303 e. The van der Waals surface area contributed by atoms with E-state index in [9.17, 15) is 14.0 Å². The van der Waals surface area contributed by atoms with Crippen molar-refractivity contribution in [3.63, 3.8) is 0 Å². The van der Waals surface area contributed by atoms with Gasteiger partial charge in [-0.05, 0) is 42.5 Å². The molecule has 140 valence electrons. The van der Waals surface area contributed by atoms with E-state index in [-0.39, 0.29) is 24.2 Å². The highest BCUT2D eigenvalue weighted by Crippen LogP contribution is 2.23. The molecular weight excluding hydrogens is 431 g/mol. The Morgan fingerprint density at radius 1 is 1.14 bits per heavy atom. The Hall–Kier alpha value is -3.20. The summed E-state index contributed by atoms with van der Waals surface area (Å²) in [5, 5.41) is 14.0. The number of carboxylic acid groups (broad SMARTS) is 1. The summed E-state index contributed by atoms with van der Waals surface area (Å²) in [5.41, 5.74) is 0.731. The van der Waals surface area contributed by atoms with Gasteiger partial charge in [0.05, 0.1) is 11.9 Å². The minimum absolute atomic E-state index is 0.0326. The molecule has 2 heterocycles. The average Bonchev–Trinajstić information content (AvgIpc) is 2.67. The van der Waals surface area contributed by atoms with Gasteiger partial charge < -0.3 is 5.11 Å². The van der Waals surface area contributed by atoms with Crippen LogP contribution in [0.4, 0.5) is 4.39 Å². The zero-order chi connectivity index (χ0) is 19.8. The van der Waals surface area contributed by atoms with Crippen molar-refractivity contribution >= 4 is 38.4 Å². The zero-order valence-electron chi connectivity index (χ0n) is 14.3. The van der Waals surface area contributed by atoms with Crippen LogP contribution in [-0.2, 0) is 11.2 Å². The van der Waals surface area contributed by atoms with E-state index in [2.05, 4.69) is 31.0 Å². The number of aromatic nitrogens is 4. The second-order valence-electron chi connectivity index (χ2n) is 6.09. The van der Waals surface area contributed by atoms with Crippen molar-refractivity contribution in [1.29, 1.82) is 0 Å². The molecule has 0 aliphatic heterocycles. The predicted molar refractivity (Wildman–Crippen MR) is 104 cm³/mol. The summed E-state index contributed by atoms with van der Waals surface area (Å²) in [7, 11) is 0. The number of nitrogens with zero attached hydrogens (tertiary/aromatic N) is 4. The van der Waals surface area contributed by atoms with E-state index >= 15 is 0 Å². The highest BCUT2D eigenvalue weighted by molar-refractivity contribution is 9.10. The fourth-order valence-corrected chi connectivity index (χ4v) is 3.24. The molecule has 4 rings (SSSR count). The lowest BCUT2D eigenvalue weighted by Gasteiger charge is -2.11. The molecule has 0 fully saturated rings. The molecule has 1 N–H and O–H groups in total. The third kappa shape index (κ3) is 3.36. The molecule has 0 saturated carbocycles. The molecule has 2 aromatic heterocycles. The lowest BCUT2D eigenvalue weighted by Crippen LogP contribution is -2.19. The summed E-state index contributed by atoms with van der Waals surface area (Å²) in [6.45, 7) is 0. The Kier molecular flexibility index (Phi) is 4.60. The van der Waals surface area contributed by atoms with E-state index in [0.29, 0.717) is 22.3 Å². The van der Waals surface area contributed by atoms with E-state index in [1.54, 1.807) is 18.2 Å². The molecule has 0 atom stereocenters. The van der Waals surface area contributed by atoms with Crippen LogP contribution in [0.15, 0.2) is 51.7 Å². The first-order valence-electron chi connectivity index (χ1n) is 8.29. The summed E-state index contributed by atoms with van der Waals surface area (Å²) in [6.07, 6.45) is -0.0396. The highest BCUT2D eigenvalue weighted by Gasteiger charge is 2.16. The number of fused-ring (bicyclic) bond motifs is 3. The number of aliphatic carboxylic acids is 1. The van der Waals surface area contributed by atoms with Crippen molar-refractivity contribution in [3.05, 3.63) is 68.9 Å². The Balaban J connectivity index is 2.03. The number of hydrogen-bond acceptors (Lipinski definition) is 5. The van der Waals surface area contributed by atoms with Gasteiger partial charge in [0.2, 0.25) is 0 Å².